The van der Waals surface area contributed by atoms with Gasteiger partial charge in [0.2, 0.25) is 0 Å². The lowest BCUT2D eigenvalue weighted by atomic mass is 9.81. The summed E-state index contributed by atoms with van der Waals surface area (Å²) in [6.07, 6.45) is 7.46. The summed E-state index contributed by atoms with van der Waals surface area (Å²) in [5.41, 5.74) is -0.376. The third-order valence-corrected chi connectivity index (χ3v) is 4.72. The van der Waals surface area contributed by atoms with Gasteiger partial charge < -0.3 is 10.1 Å². The van der Waals surface area contributed by atoms with Crippen molar-refractivity contribution in [1.82, 2.24) is 5.32 Å². The van der Waals surface area contributed by atoms with Crippen LogP contribution in [0.15, 0.2) is 0 Å². The highest BCUT2D eigenvalue weighted by Gasteiger charge is 2.42. The van der Waals surface area contributed by atoms with Crippen molar-refractivity contribution < 1.29 is 9.53 Å². The number of ether oxygens (including phenoxy) is 1. The van der Waals surface area contributed by atoms with E-state index in [1.165, 1.54) is 6.42 Å². The van der Waals surface area contributed by atoms with Gasteiger partial charge in [-0.2, -0.15) is 0 Å². The van der Waals surface area contributed by atoms with Gasteiger partial charge in [0.25, 0.3) is 0 Å². The van der Waals surface area contributed by atoms with Crippen molar-refractivity contribution in [2.24, 2.45) is 11.8 Å². The SMILES string of the molecule is CCCC1(C(=O)OC2CC(C)CC(C)C2)CCCN1. The third kappa shape index (κ3) is 3.50. The van der Waals surface area contributed by atoms with Gasteiger partial charge in [-0.1, -0.05) is 27.2 Å². The Balaban J connectivity index is 1.95. The van der Waals surface area contributed by atoms with E-state index >= 15 is 0 Å². The summed E-state index contributed by atoms with van der Waals surface area (Å²) >= 11 is 0. The van der Waals surface area contributed by atoms with E-state index in [1.54, 1.807) is 0 Å². The van der Waals surface area contributed by atoms with Gasteiger partial charge >= 0.3 is 5.97 Å². The zero-order valence-electron chi connectivity index (χ0n) is 12.7. The number of nitrogens with one attached hydrogen (secondary N) is 1. The standard InChI is InChI=1S/C16H29NO2/c1-4-6-16(7-5-8-17-16)15(18)19-14-10-12(2)9-13(3)11-14/h12-14,17H,4-11H2,1-3H3. The van der Waals surface area contributed by atoms with Gasteiger partial charge in [0.15, 0.2) is 0 Å². The highest BCUT2D eigenvalue weighted by atomic mass is 16.5. The number of carbonyl (C=O) groups is 1. The van der Waals surface area contributed by atoms with Crippen molar-refractivity contribution in [3.05, 3.63) is 0 Å². The molecule has 0 aromatic heterocycles. The van der Waals surface area contributed by atoms with E-state index in [2.05, 4.69) is 26.1 Å². The Morgan fingerprint density at radius 3 is 2.47 bits per heavy atom. The van der Waals surface area contributed by atoms with Crippen LogP contribution in [0.25, 0.3) is 0 Å². The normalized spacial score (nSPS) is 39.2. The van der Waals surface area contributed by atoms with Crippen molar-refractivity contribution in [2.75, 3.05) is 6.54 Å². The summed E-state index contributed by atoms with van der Waals surface area (Å²) < 4.78 is 5.87. The van der Waals surface area contributed by atoms with Crippen molar-refractivity contribution in [3.8, 4) is 0 Å². The number of hydrogen-bond donors (Lipinski definition) is 1. The Kier molecular flexibility index (Phi) is 4.88. The van der Waals surface area contributed by atoms with Crippen LogP contribution in [0.3, 0.4) is 0 Å². The average Bonchev–Trinajstić information content (AvgIpc) is 2.78. The Morgan fingerprint density at radius 1 is 1.26 bits per heavy atom. The third-order valence-electron chi connectivity index (χ3n) is 4.72. The van der Waals surface area contributed by atoms with Crippen LogP contribution in [0.5, 0.6) is 0 Å². The number of rotatable bonds is 4. The van der Waals surface area contributed by atoms with Crippen LogP contribution in [-0.4, -0.2) is 24.2 Å². The molecule has 110 valence electrons. The molecule has 3 nitrogen and oxygen atoms in total. The van der Waals surface area contributed by atoms with Gasteiger partial charge in [0.05, 0.1) is 0 Å². The maximum absolute atomic E-state index is 12.6. The number of esters is 1. The predicted molar refractivity (Wildman–Crippen MR) is 76.9 cm³/mol. The zero-order valence-corrected chi connectivity index (χ0v) is 12.7. The first-order chi connectivity index (χ1) is 9.05. The number of carbonyl (C=O) groups excluding carboxylic acids is 1. The molecule has 1 N–H and O–H groups in total. The minimum Gasteiger partial charge on any atom is -0.461 e. The smallest absolute Gasteiger partial charge is 0.326 e. The molecule has 0 amide bonds. The molecule has 2 aliphatic rings. The Morgan fingerprint density at radius 2 is 1.95 bits per heavy atom. The van der Waals surface area contributed by atoms with E-state index in [0.717, 1.165) is 45.1 Å². The van der Waals surface area contributed by atoms with Crippen LogP contribution in [-0.2, 0) is 9.53 Å². The average molecular weight is 267 g/mol. The highest BCUT2D eigenvalue weighted by molar-refractivity contribution is 5.81. The molecule has 0 bridgehead atoms. The van der Waals surface area contributed by atoms with Crippen LogP contribution in [0, 0.1) is 11.8 Å². The minimum absolute atomic E-state index is 0.0122. The van der Waals surface area contributed by atoms with Crippen molar-refractivity contribution in [2.45, 2.75) is 77.4 Å². The maximum Gasteiger partial charge on any atom is 0.326 e. The highest BCUT2D eigenvalue weighted by Crippen LogP contribution is 2.33. The van der Waals surface area contributed by atoms with E-state index in [-0.39, 0.29) is 17.6 Å². The van der Waals surface area contributed by atoms with E-state index < -0.39 is 0 Å². The van der Waals surface area contributed by atoms with Gasteiger partial charge in [-0.05, 0) is 56.9 Å². The van der Waals surface area contributed by atoms with E-state index in [4.69, 9.17) is 4.74 Å². The second-order valence-corrected chi connectivity index (χ2v) is 6.81. The fourth-order valence-corrected chi connectivity index (χ4v) is 3.96. The molecule has 0 spiro atoms. The van der Waals surface area contributed by atoms with Crippen molar-refractivity contribution in [3.63, 3.8) is 0 Å². The van der Waals surface area contributed by atoms with Crippen molar-refractivity contribution >= 4 is 5.97 Å². The summed E-state index contributed by atoms with van der Waals surface area (Å²) in [4.78, 5) is 12.6. The molecule has 0 aromatic carbocycles. The largest absolute Gasteiger partial charge is 0.461 e. The first kappa shape index (κ1) is 14.8. The van der Waals surface area contributed by atoms with Crippen LogP contribution in [0.1, 0.15) is 65.7 Å². The summed E-state index contributed by atoms with van der Waals surface area (Å²) in [5.74, 6) is 1.37. The molecule has 1 saturated heterocycles. The summed E-state index contributed by atoms with van der Waals surface area (Å²) in [6.45, 7) is 7.63. The molecule has 3 heteroatoms. The number of hydrogen-bond acceptors (Lipinski definition) is 3. The first-order valence-corrected chi connectivity index (χ1v) is 8.02. The van der Waals surface area contributed by atoms with E-state index in [0.29, 0.717) is 11.8 Å². The lowest BCUT2D eigenvalue weighted by Crippen LogP contribution is -2.50. The molecule has 1 aliphatic heterocycles. The summed E-state index contributed by atoms with van der Waals surface area (Å²) in [7, 11) is 0. The Hall–Kier alpha value is -0.570. The second kappa shape index (κ2) is 6.25. The van der Waals surface area contributed by atoms with Gasteiger partial charge in [0, 0.05) is 0 Å². The van der Waals surface area contributed by atoms with Gasteiger partial charge in [-0.3, -0.25) is 4.79 Å². The monoisotopic (exact) mass is 267 g/mol. The topological polar surface area (TPSA) is 38.3 Å². The fraction of sp³-hybridized carbons (Fsp3) is 0.938. The molecule has 2 fully saturated rings. The predicted octanol–water partition coefficient (Wildman–Crippen LogP) is 3.28. The van der Waals surface area contributed by atoms with Crippen LogP contribution in [0.4, 0.5) is 0 Å². The van der Waals surface area contributed by atoms with Crippen LogP contribution < -0.4 is 5.32 Å². The lowest BCUT2D eigenvalue weighted by Gasteiger charge is -2.34. The second-order valence-electron chi connectivity index (χ2n) is 6.81. The van der Waals surface area contributed by atoms with Crippen LogP contribution >= 0.6 is 0 Å². The molecule has 3 unspecified atom stereocenters. The van der Waals surface area contributed by atoms with Gasteiger partial charge in [0.1, 0.15) is 11.6 Å². The maximum atomic E-state index is 12.6. The van der Waals surface area contributed by atoms with Gasteiger partial charge in [-0.25, -0.2) is 0 Å². The molecule has 19 heavy (non-hydrogen) atoms. The molecule has 1 aliphatic carbocycles. The minimum atomic E-state index is -0.376. The molecule has 0 radical (unpaired) electrons. The summed E-state index contributed by atoms with van der Waals surface area (Å²) in [6, 6.07) is 0. The summed E-state index contributed by atoms with van der Waals surface area (Å²) in [5, 5.41) is 3.41. The van der Waals surface area contributed by atoms with E-state index in [9.17, 15) is 4.79 Å². The molecular weight excluding hydrogens is 238 g/mol. The molecule has 1 heterocycles. The first-order valence-electron chi connectivity index (χ1n) is 8.02. The molecular formula is C16H29NO2. The zero-order chi connectivity index (χ0) is 13.9. The van der Waals surface area contributed by atoms with E-state index in [1.807, 2.05) is 0 Å². The molecule has 0 aromatic rings. The molecule has 3 atom stereocenters. The lowest BCUT2D eigenvalue weighted by molar-refractivity contribution is -0.160. The quantitative estimate of drug-likeness (QED) is 0.794. The molecule has 2 rings (SSSR count). The van der Waals surface area contributed by atoms with Gasteiger partial charge in [-0.15, -0.1) is 0 Å². The Bertz CT molecular complexity index is 300. The molecule has 1 saturated carbocycles. The van der Waals surface area contributed by atoms with Crippen LogP contribution in [0.2, 0.25) is 0 Å². The Labute approximate surface area is 117 Å². The fourth-order valence-electron chi connectivity index (χ4n) is 3.96. The van der Waals surface area contributed by atoms with Crippen molar-refractivity contribution in [1.29, 1.82) is 0 Å².